The van der Waals surface area contributed by atoms with E-state index in [1.54, 1.807) is 19.1 Å². The Balaban J connectivity index is 2.20. The highest BCUT2D eigenvalue weighted by Crippen LogP contribution is 2.23. The Bertz CT molecular complexity index is 655. The molecule has 0 bridgehead atoms. The molecule has 0 fully saturated rings. The number of hydrogen-bond acceptors (Lipinski definition) is 1. The summed E-state index contributed by atoms with van der Waals surface area (Å²) in [4.78, 5) is 11.5. The molecule has 0 saturated heterocycles. The SMILES string of the molecule is Cc1cc(F)ccc1CC(Cc1ccccc1Cl)C(=O)O. The van der Waals surface area contributed by atoms with Crippen LogP contribution in [0.3, 0.4) is 0 Å². The van der Waals surface area contributed by atoms with E-state index in [2.05, 4.69) is 0 Å². The van der Waals surface area contributed by atoms with Crippen molar-refractivity contribution in [2.24, 2.45) is 5.92 Å². The number of rotatable bonds is 5. The van der Waals surface area contributed by atoms with Gasteiger partial charge in [-0.2, -0.15) is 0 Å². The Morgan fingerprint density at radius 2 is 1.86 bits per heavy atom. The molecule has 0 aromatic heterocycles. The lowest BCUT2D eigenvalue weighted by Gasteiger charge is -2.15. The Morgan fingerprint density at radius 3 is 2.48 bits per heavy atom. The first-order valence-corrected chi connectivity index (χ1v) is 7.06. The van der Waals surface area contributed by atoms with Crippen LogP contribution in [0.4, 0.5) is 4.39 Å². The van der Waals surface area contributed by atoms with Gasteiger partial charge in [0.2, 0.25) is 0 Å². The lowest BCUT2D eigenvalue weighted by atomic mass is 9.91. The maximum absolute atomic E-state index is 13.1. The fourth-order valence-corrected chi connectivity index (χ4v) is 2.54. The molecular formula is C17H16ClFO2. The van der Waals surface area contributed by atoms with E-state index >= 15 is 0 Å². The predicted molar refractivity (Wildman–Crippen MR) is 81.1 cm³/mol. The average Bonchev–Trinajstić information content (AvgIpc) is 2.42. The zero-order valence-electron chi connectivity index (χ0n) is 11.6. The number of benzene rings is 2. The van der Waals surface area contributed by atoms with E-state index in [1.807, 2.05) is 18.2 Å². The molecule has 110 valence electrons. The summed E-state index contributed by atoms with van der Waals surface area (Å²) in [6.07, 6.45) is 0.707. The molecule has 0 spiro atoms. The molecule has 1 N–H and O–H groups in total. The van der Waals surface area contributed by atoms with Gasteiger partial charge in [-0.25, -0.2) is 4.39 Å². The van der Waals surface area contributed by atoms with Gasteiger partial charge in [-0.15, -0.1) is 0 Å². The minimum Gasteiger partial charge on any atom is -0.481 e. The van der Waals surface area contributed by atoms with Crippen molar-refractivity contribution in [3.63, 3.8) is 0 Å². The molecule has 2 rings (SSSR count). The van der Waals surface area contributed by atoms with E-state index in [1.165, 1.54) is 12.1 Å². The van der Waals surface area contributed by atoms with Gasteiger partial charge in [0.05, 0.1) is 5.92 Å². The van der Waals surface area contributed by atoms with Crippen LogP contribution in [0.2, 0.25) is 5.02 Å². The molecule has 0 heterocycles. The Labute approximate surface area is 128 Å². The molecule has 2 nitrogen and oxygen atoms in total. The summed E-state index contributed by atoms with van der Waals surface area (Å²) < 4.78 is 13.1. The number of aryl methyl sites for hydroxylation is 1. The standard InChI is InChI=1S/C17H16ClFO2/c1-11-8-15(19)7-6-12(11)9-14(17(20)21)10-13-4-2-3-5-16(13)18/h2-8,14H,9-10H2,1H3,(H,20,21). The second-order valence-electron chi connectivity index (χ2n) is 5.11. The third-order valence-electron chi connectivity index (χ3n) is 3.54. The van der Waals surface area contributed by atoms with Gasteiger partial charge in [0.25, 0.3) is 0 Å². The second kappa shape index (κ2) is 6.72. The maximum atomic E-state index is 13.1. The van der Waals surface area contributed by atoms with Crippen molar-refractivity contribution in [3.05, 3.63) is 70.0 Å². The van der Waals surface area contributed by atoms with Crippen LogP contribution in [0, 0.1) is 18.7 Å². The maximum Gasteiger partial charge on any atom is 0.307 e. The summed E-state index contributed by atoms with van der Waals surface area (Å²) in [7, 11) is 0. The Hall–Kier alpha value is -1.87. The lowest BCUT2D eigenvalue weighted by molar-refractivity contribution is -0.141. The smallest absolute Gasteiger partial charge is 0.307 e. The van der Waals surface area contributed by atoms with E-state index < -0.39 is 11.9 Å². The van der Waals surface area contributed by atoms with Gasteiger partial charge < -0.3 is 5.11 Å². The number of halogens is 2. The van der Waals surface area contributed by atoms with Crippen molar-refractivity contribution in [2.75, 3.05) is 0 Å². The van der Waals surface area contributed by atoms with Crippen molar-refractivity contribution < 1.29 is 14.3 Å². The van der Waals surface area contributed by atoms with Crippen molar-refractivity contribution >= 4 is 17.6 Å². The fourth-order valence-electron chi connectivity index (χ4n) is 2.33. The summed E-state index contributed by atoms with van der Waals surface area (Å²) in [6.45, 7) is 1.78. The summed E-state index contributed by atoms with van der Waals surface area (Å²) in [5.41, 5.74) is 2.42. The lowest BCUT2D eigenvalue weighted by Crippen LogP contribution is -2.19. The minimum absolute atomic E-state index is 0.311. The molecule has 0 aliphatic heterocycles. The number of carboxylic acid groups (broad SMARTS) is 1. The first-order valence-electron chi connectivity index (χ1n) is 6.68. The highest BCUT2D eigenvalue weighted by Gasteiger charge is 2.20. The van der Waals surface area contributed by atoms with Crippen LogP contribution in [0.15, 0.2) is 42.5 Å². The Morgan fingerprint density at radius 1 is 1.19 bits per heavy atom. The normalized spacial score (nSPS) is 12.1. The Kier molecular flexibility index (Phi) is 4.97. The van der Waals surface area contributed by atoms with Crippen LogP contribution in [0.1, 0.15) is 16.7 Å². The molecule has 21 heavy (non-hydrogen) atoms. The number of carbonyl (C=O) groups is 1. The quantitative estimate of drug-likeness (QED) is 0.895. The van der Waals surface area contributed by atoms with Crippen LogP contribution < -0.4 is 0 Å². The van der Waals surface area contributed by atoms with E-state index in [9.17, 15) is 14.3 Å². The summed E-state index contributed by atoms with van der Waals surface area (Å²) in [5, 5.41) is 9.98. The molecule has 0 aliphatic rings. The molecule has 0 saturated carbocycles. The zero-order chi connectivity index (χ0) is 15.4. The topological polar surface area (TPSA) is 37.3 Å². The number of carboxylic acids is 1. The van der Waals surface area contributed by atoms with Gasteiger partial charge in [0.15, 0.2) is 0 Å². The first kappa shape index (κ1) is 15.5. The molecular weight excluding hydrogens is 291 g/mol. The molecule has 1 atom stereocenters. The van der Waals surface area contributed by atoms with Crippen molar-refractivity contribution in [2.45, 2.75) is 19.8 Å². The molecule has 4 heteroatoms. The van der Waals surface area contributed by atoms with Crippen LogP contribution in [0.25, 0.3) is 0 Å². The summed E-state index contributed by atoms with van der Waals surface area (Å²) in [6, 6.07) is 11.7. The van der Waals surface area contributed by atoms with Gasteiger partial charge in [-0.1, -0.05) is 35.9 Å². The van der Waals surface area contributed by atoms with E-state index in [0.717, 1.165) is 16.7 Å². The molecule has 2 aromatic rings. The largest absolute Gasteiger partial charge is 0.481 e. The van der Waals surface area contributed by atoms with Crippen molar-refractivity contribution in [1.29, 1.82) is 0 Å². The molecule has 0 aliphatic carbocycles. The van der Waals surface area contributed by atoms with Crippen LogP contribution in [0.5, 0.6) is 0 Å². The van der Waals surface area contributed by atoms with E-state index in [0.29, 0.717) is 17.9 Å². The van der Waals surface area contributed by atoms with E-state index in [-0.39, 0.29) is 5.82 Å². The monoisotopic (exact) mass is 306 g/mol. The van der Waals surface area contributed by atoms with Crippen LogP contribution in [-0.4, -0.2) is 11.1 Å². The molecule has 0 radical (unpaired) electrons. The first-order chi connectivity index (χ1) is 9.97. The van der Waals surface area contributed by atoms with Gasteiger partial charge in [-0.3, -0.25) is 4.79 Å². The van der Waals surface area contributed by atoms with Gasteiger partial charge in [-0.05, 0) is 54.7 Å². The highest BCUT2D eigenvalue weighted by atomic mass is 35.5. The fraction of sp³-hybridized carbons (Fsp3) is 0.235. The van der Waals surface area contributed by atoms with Gasteiger partial charge in [0.1, 0.15) is 5.82 Å². The molecule has 1 unspecified atom stereocenters. The van der Waals surface area contributed by atoms with Crippen molar-refractivity contribution in [3.8, 4) is 0 Å². The highest BCUT2D eigenvalue weighted by molar-refractivity contribution is 6.31. The van der Waals surface area contributed by atoms with Gasteiger partial charge in [0, 0.05) is 5.02 Å². The minimum atomic E-state index is -0.876. The van der Waals surface area contributed by atoms with Gasteiger partial charge >= 0.3 is 5.97 Å². The van der Waals surface area contributed by atoms with Crippen LogP contribution >= 0.6 is 11.6 Å². The summed E-state index contributed by atoms with van der Waals surface area (Å²) >= 11 is 6.09. The third kappa shape index (κ3) is 4.05. The second-order valence-corrected chi connectivity index (χ2v) is 5.51. The van der Waals surface area contributed by atoms with Crippen molar-refractivity contribution in [1.82, 2.24) is 0 Å². The number of aliphatic carboxylic acids is 1. The summed E-state index contributed by atoms with van der Waals surface area (Å²) in [5.74, 6) is -1.78. The number of hydrogen-bond donors (Lipinski definition) is 1. The molecule has 2 aromatic carbocycles. The zero-order valence-corrected chi connectivity index (χ0v) is 12.4. The molecule has 0 amide bonds. The average molecular weight is 307 g/mol. The van der Waals surface area contributed by atoms with E-state index in [4.69, 9.17) is 11.6 Å². The third-order valence-corrected chi connectivity index (χ3v) is 3.91. The van der Waals surface area contributed by atoms with Crippen LogP contribution in [-0.2, 0) is 17.6 Å². The predicted octanol–water partition coefficient (Wildman–Crippen LogP) is 4.27.